The van der Waals surface area contributed by atoms with E-state index in [0.717, 1.165) is 29.1 Å². The van der Waals surface area contributed by atoms with Gasteiger partial charge in [-0.1, -0.05) is 11.2 Å². The zero-order valence-corrected chi connectivity index (χ0v) is 12.7. The molecule has 0 aliphatic carbocycles. The van der Waals surface area contributed by atoms with Gasteiger partial charge in [0.1, 0.15) is 6.54 Å². The molecule has 0 unspecified atom stereocenters. The molecule has 12 heteroatoms. The van der Waals surface area contributed by atoms with Crippen LogP contribution in [0.4, 0.5) is 26.3 Å². The van der Waals surface area contributed by atoms with E-state index in [-0.39, 0.29) is 0 Å². The molecule has 0 aliphatic rings. The number of amidine groups is 1. The highest BCUT2D eigenvalue weighted by Gasteiger charge is 2.33. The van der Waals surface area contributed by atoms with Crippen LogP contribution in [0.15, 0.2) is 41.7 Å². The third-order valence-corrected chi connectivity index (χ3v) is 2.93. The van der Waals surface area contributed by atoms with E-state index < -0.39 is 47.5 Å². The lowest BCUT2D eigenvalue weighted by Crippen LogP contribution is -2.21. The normalized spacial score (nSPS) is 12.9. The average molecular weight is 380 g/mol. The van der Waals surface area contributed by atoms with Crippen molar-refractivity contribution in [3.8, 4) is 0 Å². The van der Waals surface area contributed by atoms with Crippen molar-refractivity contribution < 1.29 is 36.0 Å². The van der Waals surface area contributed by atoms with Crippen LogP contribution < -0.4 is 5.73 Å². The molecule has 0 bridgehead atoms. The highest BCUT2D eigenvalue weighted by Crippen LogP contribution is 2.29. The van der Waals surface area contributed by atoms with Gasteiger partial charge in [-0.05, 0) is 24.3 Å². The standard InChI is InChI=1S/C14H10F6N4O2/c15-13(16,17)9-3-1-2-8(6-9)12(25)26-23-11(21)7-24-5-4-10(22-24)14(18,19)20/h1-6H,7H2,(H2,21,23). The lowest BCUT2D eigenvalue weighted by molar-refractivity contribution is -0.141. The minimum Gasteiger partial charge on any atom is -0.383 e. The van der Waals surface area contributed by atoms with Crippen molar-refractivity contribution in [2.24, 2.45) is 10.9 Å². The summed E-state index contributed by atoms with van der Waals surface area (Å²) < 4.78 is 75.8. The second-order valence-corrected chi connectivity index (χ2v) is 4.94. The van der Waals surface area contributed by atoms with Gasteiger partial charge in [-0.2, -0.15) is 31.4 Å². The Labute approximate surface area is 141 Å². The number of hydrogen-bond donors (Lipinski definition) is 1. The molecular formula is C14H10F6N4O2. The Morgan fingerprint density at radius 1 is 1.15 bits per heavy atom. The smallest absolute Gasteiger partial charge is 0.383 e. The summed E-state index contributed by atoms with van der Waals surface area (Å²) in [7, 11) is 0. The summed E-state index contributed by atoms with van der Waals surface area (Å²) >= 11 is 0. The van der Waals surface area contributed by atoms with E-state index in [2.05, 4.69) is 15.1 Å². The maximum Gasteiger partial charge on any atom is 0.435 e. The quantitative estimate of drug-likeness (QED) is 0.291. The Morgan fingerprint density at radius 2 is 1.85 bits per heavy atom. The van der Waals surface area contributed by atoms with Gasteiger partial charge in [0.05, 0.1) is 11.1 Å². The van der Waals surface area contributed by atoms with Gasteiger partial charge in [-0.25, -0.2) is 4.79 Å². The number of hydrogen-bond acceptors (Lipinski definition) is 4. The van der Waals surface area contributed by atoms with E-state index in [0.29, 0.717) is 12.1 Å². The van der Waals surface area contributed by atoms with Gasteiger partial charge < -0.3 is 10.6 Å². The van der Waals surface area contributed by atoms with E-state index in [9.17, 15) is 31.1 Å². The van der Waals surface area contributed by atoms with Gasteiger partial charge in [0.15, 0.2) is 11.5 Å². The number of benzene rings is 1. The largest absolute Gasteiger partial charge is 0.435 e. The molecule has 0 aliphatic heterocycles. The maximum absolute atomic E-state index is 12.6. The first-order valence-electron chi connectivity index (χ1n) is 6.78. The van der Waals surface area contributed by atoms with Gasteiger partial charge in [0.25, 0.3) is 0 Å². The second-order valence-electron chi connectivity index (χ2n) is 4.94. The predicted molar refractivity (Wildman–Crippen MR) is 75.7 cm³/mol. The fraction of sp³-hybridized carbons (Fsp3) is 0.214. The fourth-order valence-electron chi connectivity index (χ4n) is 1.77. The van der Waals surface area contributed by atoms with Crippen LogP contribution in [0.2, 0.25) is 0 Å². The van der Waals surface area contributed by atoms with E-state index in [1.807, 2.05) is 0 Å². The zero-order valence-electron chi connectivity index (χ0n) is 12.7. The van der Waals surface area contributed by atoms with E-state index in [1.54, 1.807) is 0 Å². The Hall–Kier alpha value is -3.05. The number of carbonyl (C=O) groups excluding carboxylic acids is 1. The van der Waals surface area contributed by atoms with Gasteiger partial charge >= 0.3 is 18.3 Å². The molecule has 0 fully saturated rings. The molecule has 1 aromatic heterocycles. The molecule has 6 nitrogen and oxygen atoms in total. The van der Waals surface area contributed by atoms with Crippen molar-refractivity contribution in [3.05, 3.63) is 53.3 Å². The monoisotopic (exact) mass is 380 g/mol. The summed E-state index contributed by atoms with van der Waals surface area (Å²) in [4.78, 5) is 16.1. The SMILES string of the molecule is N/C(Cn1ccc(C(F)(F)F)n1)=N/OC(=O)c1cccc(C(F)(F)F)c1. The van der Waals surface area contributed by atoms with E-state index in [4.69, 9.17) is 5.73 Å². The van der Waals surface area contributed by atoms with E-state index >= 15 is 0 Å². The van der Waals surface area contributed by atoms with Gasteiger partial charge in [-0.15, -0.1) is 0 Å². The van der Waals surface area contributed by atoms with Crippen molar-refractivity contribution in [1.82, 2.24) is 9.78 Å². The number of carbonyl (C=O) groups is 1. The van der Waals surface area contributed by atoms with Gasteiger partial charge in [0, 0.05) is 6.20 Å². The fourth-order valence-corrected chi connectivity index (χ4v) is 1.77. The third kappa shape index (κ3) is 4.97. The van der Waals surface area contributed by atoms with Crippen LogP contribution >= 0.6 is 0 Å². The Bertz CT molecular complexity index is 825. The van der Waals surface area contributed by atoms with Crippen LogP contribution in [-0.4, -0.2) is 21.6 Å². The van der Waals surface area contributed by atoms with Crippen LogP contribution in [-0.2, 0) is 23.7 Å². The molecule has 0 atom stereocenters. The Kier molecular flexibility index (Phi) is 5.23. The first-order chi connectivity index (χ1) is 12.0. The van der Waals surface area contributed by atoms with Crippen molar-refractivity contribution in [2.75, 3.05) is 0 Å². The van der Waals surface area contributed by atoms with Gasteiger partial charge in [0.2, 0.25) is 0 Å². The first kappa shape index (κ1) is 19.3. The topological polar surface area (TPSA) is 82.5 Å². The third-order valence-electron chi connectivity index (χ3n) is 2.93. The lowest BCUT2D eigenvalue weighted by Gasteiger charge is -2.07. The summed E-state index contributed by atoms with van der Waals surface area (Å²) in [5.41, 5.74) is 2.78. The van der Waals surface area contributed by atoms with Crippen molar-refractivity contribution in [1.29, 1.82) is 0 Å². The molecule has 2 rings (SSSR count). The van der Waals surface area contributed by atoms with Crippen LogP contribution in [0.5, 0.6) is 0 Å². The number of aromatic nitrogens is 2. The number of alkyl halides is 6. The Balaban J connectivity index is 2.02. The molecule has 0 saturated heterocycles. The van der Waals surface area contributed by atoms with E-state index in [1.165, 1.54) is 0 Å². The minimum absolute atomic E-state index is 0.415. The van der Waals surface area contributed by atoms with Crippen LogP contribution in [0.25, 0.3) is 0 Å². The zero-order chi connectivity index (χ0) is 19.5. The minimum atomic E-state index is -4.64. The summed E-state index contributed by atoms with van der Waals surface area (Å²) in [6.45, 7) is -0.425. The molecule has 140 valence electrons. The molecule has 0 saturated carbocycles. The molecule has 1 heterocycles. The molecule has 0 radical (unpaired) electrons. The van der Waals surface area contributed by atoms with Crippen LogP contribution in [0.1, 0.15) is 21.6 Å². The summed E-state index contributed by atoms with van der Waals surface area (Å²) in [6, 6.07) is 4.13. The number of rotatable bonds is 4. The molecule has 2 N–H and O–H groups in total. The summed E-state index contributed by atoms with van der Waals surface area (Å²) in [5, 5.41) is 6.39. The number of halogens is 6. The van der Waals surface area contributed by atoms with Crippen LogP contribution in [0, 0.1) is 0 Å². The summed E-state index contributed by atoms with van der Waals surface area (Å²) in [5.74, 6) is -1.63. The lowest BCUT2D eigenvalue weighted by atomic mass is 10.1. The highest BCUT2D eigenvalue weighted by atomic mass is 19.4. The molecule has 26 heavy (non-hydrogen) atoms. The summed E-state index contributed by atoms with van der Waals surface area (Å²) in [6.07, 6.45) is -8.29. The Morgan fingerprint density at radius 3 is 2.42 bits per heavy atom. The van der Waals surface area contributed by atoms with Crippen molar-refractivity contribution >= 4 is 11.8 Å². The molecular weight excluding hydrogens is 370 g/mol. The second kappa shape index (κ2) is 7.06. The number of nitrogens with two attached hydrogens (primary N) is 1. The van der Waals surface area contributed by atoms with Crippen molar-refractivity contribution in [3.63, 3.8) is 0 Å². The maximum atomic E-state index is 12.6. The molecule has 1 aromatic carbocycles. The first-order valence-corrected chi connectivity index (χ1v) is 6.78. The molecule has 0 spiro atoms. The van der Waals surface area contributed by atoms with Crippen LogP contribution in [0.3, 0.4) is 0 Å². The number of nitrogens with zero attached hydrogens (tertiary/aromatic N) is 3. The van der Waals surface area contributed by atoms with Gasteiger partial charge in [-0.3, -0.25) is 4.68 Å². The molecule has 0 amide bonds. The highest BCUT2D eigenvalue weighted by molar-refractivity contribution is 5.90. The van der Waals surface area contributed by atoms with Crippen molar-refractivity contribution in [2.45, 2.75) is 18.9 Å². The molecule has 2 aromatic rings. The number of oxime groups is 1. The average Bonchev–Trinajstić information content (AvgIpc) is 3.00. The predicted octanol–water partition coefficient (Wildman–Crippen LogP) is 3.05.